The lowest BCUT2D eigenvalue weighted by Gasteiger charge is -2.27. The summed E-state index contributed by atoms with van der Waals surface area (Å²) in [5.74, 6) is 0. The summed E-state index contributed by atoms with van der Waals surface area (Å²) in [6.45, 7) is 3.39. The van der Waals surface area contributed by atoms with E-state index in [4.69, 9.17) is 9.82 Å². The molecule has 0 unspecified atom stereocenters. The van der Waals surface area contributed by atoms with Crippen molar-refractivity contribution in [2.24, 2.45) is 5.16 Å². The number of pyridine rings is 2. The van der Waals surface area contributed by atoms with Gasteiger partial charge >= 0.3 is 0 Å². The molecular formula is C19H19N5OS. The molecule has 0 fully saturated rings. The average molecular weight is 365 g/mol. The van der Waals surface area contributed by atoms with Crippen LogP contribution in [0.5, 0.6) is 0 Å². The topological polar surface area (TPSA) is 63.5 Å². The van der Waals surface area contributed by atoms with Crippen molar-refractivity contribution in [2.45, 2.75) is 13.3 Å². The first-order valence-corrected chi connectivity index (χ1v) is 9.36. The lowest BCUT2D eigenvalue weighted by atomic mass is 10.1. The van der Waals surface area contributed by atoms with Gasteiger partial charge in [0.2, 0.25) is 0 Å². The Morgan fingerprint density at radius 3 is 3.00 bits per heavy atom. The van der Waals surface area contributed by atoms with E-state index in [1.165, 1.54) is 0 Å². The van der Waals surface area contributed by atoms with Crippen LogP contribution < -0.4 is 4.90 Å². The Balaban J connectivity index is 1.72. The van der Waals surface area contributed by atoms with Gasteiger partial charge in [0.05, 0.1) is 16.3 Å². The van der Waals surface area contributed by atoms with Crippen molar-refractivity contribution >= 4 is 22.7 Å². The second-order valence-electron chi connectivity index (χ2n) is 5.96. The standard InChI is InChI=1S/C19H19N5OS/c1-3-25-23-15-8-10-24(2)16-7-6-14(22-18(15)16)17-12-21-19(26-17)13-5-4-9-20-11-13/h4-7,9,11-12H,3,8,10H2,1-2H3/b23-15+. The Bertz CT molecular complexity index is 938. The number of thiazole rings is 1. The first-order chi connectivity index (χ1) is 12.8. The predicted molar refractivity (Wildman–Crippen MR) is 105 cm³/mol. The third-order valence-corrected chi connectivity index (χ3v) is 5.28. The van der Waals surface area contributed by atoms with E-state index in [-0.39, 0.29) is 0 Å². The van der Waals surface area contributed by atoms with Crippen LogP contribution in [0.3, 0.4) is 0 Å². The zero-order chi connectivity index (χ0) is 17.9. The van der Waals surface area contributed by atoms with Crippen LogP contribution in [0.15, 0.2) is 48.0 Å². The molecule has 0 aromatic carbocycles. The normalized spacial score (nSPS) is 15.2. The number of rotatable bonds is 4. The van der Waals surface area contributed by atoms with Gasteiger partial charge in [0.1, 0.15) is 23.0 Å². The second-order valence-corrected chi connectivity index (χ2v) is 6.99. The summed E-state index contributed by atoms with van der Waals surface area (Å²) in [5, 5.41) is 5.21. The quantitative estimate of drug-likeness (QED) is 0.657. The van der Waals surface area contributed by atoms with Gasteiger partial charge < -0.3 is 9.74 Å². The Kier molecular flexibility index (Phi) is 4.62. The second kappa shape index (κ2) is 7.21. The van der Waals surface area contributed by atoms with E-state index < -0.39 is 0 Å². The van der Waals surface area contributed by atoms with Crippen LogP contribution in [-0.2, 0) is 4.84 Å². The SMILES string of the molecule is CCO/N=C1\CCN(C)c2ccc(-c3cnc(-c4cccnc4)s3)nc21. The van der Waals surface area contributed by atoms with Gasteiger partial charge in [-0.25, -0.2) is 9.97 Å². The Morgan fingerprint density at radius 1 is 1.27 bits per heavy atom. The molecule has 1 aliphatic heterocycles. The highest BCUT2D eigenvalue weighted by atomic mass is 32.1. The van der Waals surface area contributed by atoms with Crippen LogP contribution in [-0.4, -0.2) is 40.9 Å². The number of anilines is 1. The maximum atomic E-state index is 5.29. The van der Waals surface area contributed by atoms with E-state index in [1.54, 1.807) is 17.5 Å². The Morgan fingerprint density at radius 2 is 2.19 bits per heavy atom. The average Bonchev–Trinajstić information content (AvgIpc) is 3.18. The highest BCUT2D eigenvalue weighted by Crippen LogP contribution is 2.33. The van der Waals surface area contributed by atoms with Gasteiger partial charge in [-0.15, -0.1) is 11.3 Å². The van der Waals surface area contributed by atoms with E-state index in [1.807, 2.05) is 37.5 Å². The molecule has 7 heteroatoms. The van der Waals surface area contributed by atoms with Crippen molar-refractivity contribution in [1.29, 1.82) is 0 Å². The van der Waals surface area contributed by atoms with Gasteiger partial charge in [-0.3, -0.25) is 4.98 Å². The van der Waals surface area contributed by atoms with Gasteiger partial charge in [-0.1, -0.05) is 5.16 Å². The van der Waals surface area contributed by atoms with Crippen molar-refractivity contribution in [1.82, 2.24) is 15.0 Å². The van der Waals surface area contributed by atoms with Crippen LogP contribution >= 0.6 is 11.3 Å². The molecule has 4 heterocycles. The molecule has 3 aromatic heterocycles. The minimum atomic E-state index is 0.553. The van der Waals surface area contributed by atoms with Crippen molar-refractivity contribution in [3.05, 3.63) is 48.5 Å². The molecule has 26 heavy (non-hydrogen) atoms. The minimum absolute atomic E-state index is 0.553. The molecule has 0 spiro atoms. The molecule has 132 valence electrons. The summed E-state index contributed by atoms with van der Waals surface area (Å²) >= 11 is 1.61. The number of aromatic nitrogens is 3. The van der Waals surface area contributed by atoms with Gasteiger partial charge in [-0.2, -0.15) is 0 Å². The zero-order valence-corrected chi connectivity index (χ0v) is 15.5. The smallest absolute Gasteiger partial charge is 0.125 e. The fourth-order valence-corrected chi connectivity index (χ4v) is 3.74. The monoisotopic (exact) mass is 365 g/mol. The maximum absolute atomic E-state index is 5.29. The molecular weight excluding hydrogens is 346 g/mol. The van der Waals surface area contributed by atoms with E-state index in [0.29, 0.717) is 6.61 Å². The van der Waals surface area contributed by atoms with Crippen LogP contribution in [0.2, 0.25) is 0 Å². The lowest BCUT2D eigenvalue weighted by molar-refractivity contribution is 0.158. The first-order valence-electron chi connectivity index (χ1n) is 8.54. The molecule has 0 bridgehead atoms. The molecule has 0 radical (unpaired) electrons. The van der Waals surface area contributed by atoms with E-state index in [2.05, 4.69) is 33.1 Å². The zero-order valence-electron chi connectivity index (χ0n) is 14.7. The fourth-order valence-electron chi connectivity index (χ4n) is 2.87. The largest absolute Gasteiger partial charge is 0.396 e. The molecule has 3 aromatic rings. The minimum Gasteiger partial charge on any atom is -0.396 e. The summed E-state index contributed by atoms with van der Waals surface area (Å²) in [5.41, 5.74) is 4.78. The molecule has 4 rings (SSSR count). The summed E-state index contributed by atoms with van der Waals surface area (Å²) < 4.78 is 0. The van der Waals surface area contributed by atoms with Crippen molar-refractivity contribution in [3.8, 4) is 21.1 Å². The van der Waals surface area contributed by atoms with Gasteiger partial charge in [0.25, 0.3) is 0 Å². The molecule has 0 saturated heterocycles. The van der Waals surface area contributed by atoms with E-state index >= 15 is 0 Å². The molecule has 1 aliphatic rings. The van der Waals surface area contributed by atoms with Gasteiger partial charge in [0.15, 0.2) is 0 Å². The van der Waals surface area contributed by atoms with E-state index in [0.717, 1.165) is 51.2 Å². The van der Waals surface area contributed by atoms with Crippen LogP contribution in [0, 0.1) is 0 Å². The Hall–Kier alpha value is -2.80. The molecule has 6 nitrogen and oxygen atoms in total. The van der Waals surface area contributed by atoms with Gasteiger partial charge in [0, 0.05) is 44.2 Å². The highest BCUT2D eigenvalue weighted by Gasteiger charge is 2.22. The maximum Gasteiger partial charge on any atom is 0.125 e. The number of hydrogen-bond acceptors (Lipinski definition) is 7. The lowest BCUT2D eigenvalue weighted by Crippen LogP contribution is -2.29. The molecule has 0 amide bonds. The number of fused-ring (bicyclic) bond motifs is 1. The molecule has 0 saturated carbocycles. The molecule has 0 atom stereocenters. The summed E-state index contributed by atoms with van der Waals surface area (Å²) in [7, 11) is 2.07. The molecule has 0 N–H and O–H groups in total. The predicted octanol–water partition coefficient (Wildman–Crippen LogP) is 3.85. The number of hydrogen-bond donors (Lipinski definition) is 0. The number of nitrogens with zero attached hydrogens (tertiary/aromatic N) is 5. The summed E-state index contributed by atoms with van der Waals surface area (Å²) in [6, 6.07) is 8.07. The van der Waals surface area contributed by atoms with Crippen LogP contribution in [0.1, 0.15) is 19.0 Å². The van der Waals surface area contributed by atoms with Crippen molar-refractivity contribution in [2.75, 3.05) is 25.1 Å². The summed E-state index contributed by atoms with van der Waals surface area (Å²) in [6.07, 6.45) is 6.28. The summed E-state index contributed by atoms with van der Waals surface area (Å²) in [4.78, 5) is 22.1. The third kappa shape index (κ3) is 3.17. The highest BCUT2D eigenvalue weighted by molar-refractivity contribution is 7.18. The van der Waals surface area contributed by atoms with Crippen molar-refractivity contribution < 1.29 is 4.84 Å². The van der Waals surface area contributed by atoms with E-state index in [9.17, 15) is 0 Å². The third-order valence-electron chi connectivity index (χ3n) is 4.21. The van der Waals surface area contributed by atoms with Crippen LogP contribution in [0.4, 0.5) is 5.69 Å². The Labute approximate surface area is 156 Å². The number of oxime groups is 1. The first kappa shape index (κ1) is 16.7. The van der Waals surface area contributed by atoms with Crippen LogP contribution in [0.25, 0.3) is 21.1 Å². The van der Waals surface area contributed by atoms with Gasteiger partial charge in [-0.05, 0) is 31.2 Å². The molecule has 0 aliphatic carbocycles. The van der Waals surface area contributed by atoms with Crippen molar-refractivity contribution in [3.63, 3.8) is 0 Å². The fraction of sp³-hybridized carbons (Fsp3) is 0.263.